The first kappa shape index (κ1) is 23.8. The molecule has 1 aliphatic carbocycles. The molecule has 2 aromatic carbocycles. The number of hydrogen-bond donors (Lipinski definition) is 2. The average molecular weight is 467 g/mol. The molecule has 2 aromatic rings. The first-order valence-electron chi connectivity index (χ1n) is 11.6. The van der Waals surface area contributed by atoms with Gasteiger partial charge in [-0.15, -0.1) is 0 Å². The third kappa shape index (κ3) is 5.22. The number of ether oxygens (including phenoxy) is 2. The van der Waals surface area contributed by atoms with Gasteiger partial charge in [-0.25, -0.2) is 9.59 Å². The Morgan fingerprint density at radius 2 is 1.76 bits per heavy atom. The van der Waals surface area contributed by atoms with E-state index in [1.165, 1.54) is 16.0 Å². The fraction of sp³-hybridized carbons (Fsp3) is 0.423. The van der Waals surface area contributed by atoms with Gasteiger partial charge in [0.2, 0.25) is 5.91 Å². The molecule has 1 saturated heterocycles. The highest BCUT2D eigenvalue weighted by Crippen LogP contribution is 2.44. The largest absolute Gasteiger partial charge is 0.480 e. The van der Waals surface area contributed by atoms with Crippen molar-refractivity contribution in [3.8, 4) is 11.1 Å². The Morgan fingerprint density at radius 3 is 2.41 bits per heavy atom. The number of carbonyl (C=O) groups is 3. The molecule has 180 valence electrons. The van der Waals surface area contributed by atoms with Crippen LogP contribution in [0.2, 0.25) is 0 Å². The summed E-state index contributed by atoms with van der Waals surface area (Å²) in [6, 6.07) is 15.4. The third-order valence-electron chi connectivity index (χ3n) is 6.52. The maximum absolute atomic E-state index is 12.5. The highest BCUT2D eigenvalue weighted by molar-refractivity contribution is 5.84. The minimum Gasteiger partial charge on any atom is -0.480 e. The van der Waals surface area contributed by atoms with E-state index >= 15 is 0 Å². The van der Waals surface area contributed by atoms with E-state index in [-0.39, 0.29) is 43.9 Å². The molecule has 2 unspecified atom stereocenters. The number of nitrogens with one attached hydrogen (secondary N) is 1. The fourth-order valence-corrected chi connectivity index (χ4v) is 4.63. The number of amides is 2. The van der Waals surface area contributed by atoms with Crippen LogP contribution in [0, 0.1) is 5.92 Å². The van der Waals surface area contributed by atoms with Crippen LogP contribution in [0.1, 0.15) is 36.8 Å². The molecule has 34 heavy (non-hydrogen) atoms. The lowest BCUT2D eigenvalue weighted by atomic mass is 9.98. The van der Waals surface area contributed by atoms with Gasteiger partial charge in [0.15, 0.2) is 6.04 Å². The summed E-state index contributed by atoms with van der Waals surface area (Å²) in [6.45, 7) is 3.19. The van der Waals surface area contributed by atoms with Crippen LogP contribution in [0.25, 0.3) is 11.1 Å². The van der Waals surface area contributed by atoms with Crippen molar-refractivity contribution in [2.24, 2.45) is 5.92 Å². The molecule has 1 heterocycles. The molecule has 0 aromatic heterocycles. The molecule has 2 aliphatic rings. The fourth-order valence-electron chi connectivity index (χ4n) is 4.63. The number of aliphatic carboxylic acids is 1. The van der Waals surface area contributed by atoms with Crippen LogP contribution in [-0.4, -0.2) is 66.9 Å². The predicted octanol–water partition coefficient (Wildman–Crippen LogP) is 3.25. The quantitative estimate of drug-likeness (QED) is 0.619. The predicted molar refractivity (Wildman–Crippen MR) is 125 cm³/mol. The van der Waals surface area contributed by atoms with Crippen LogP contribution < -0.4 is 5.32 Å². The van der Waals surface area contributed by atoms with E-state index in [9.17, 15) is 19.5 Å². The summed E-state index contributed by atoms with van der Waals surface area (Å²) in [7, 11) is 0. The highest BCUT2D eigenvalue weighted by atomic mass is 16.5. The van der Waals surface area contributed by atoms with Gasteiger partial charge in [0.1, 0.15) is 6.61 Å². The minimum absolute atomic E-state index is 0.00361. The average Bonchev–Trinajstić information content (AvgIpc) is 3.18. The summed E-state index contributed by atoms with van der Waals surface area (Å²) in [6.07, 6.45) is 0.267. The summed E-state index contributed by atoms with van der Waals surface area (Å²) in [5, 5.41) is 12.1. The Bertz CT molecular complexity index is 1010. The lowest BCUT2D eigenvalue weighted by molar-refractivity contribution is -0.158. The summed E-state index contributed by atoms with van der Waals surface area (Å²) < 4.78 is 10.7. The number of hydrogen-bond acceptors (Lipinski definition) is 5. The molecule has 8 nitrogen and oxygen atoms in total. The number of carboxylic acid groups (broad SMARTS) is 1. The van der Waals surface area contributed by atoms with Gasteiger partial charge >= 0.3 is 12.1 Å². The van der Waals surface area contributed by atoms with Crippen molar-refractivity contribution < 1.29 is 29.0 Å². The second-order valence-corrected chi connectivity index (χ2v) is 8.87. The summed E-state index contributed by atoms with van der Waals surface area (Å²) in [4.78, 5) is 37.6. The normalized spacial score (nSPS) is 18.0. The number of rotatable bonds is 8. The Balaban J connectivity index is 1.22. The number of alkyl carbamates (subject to hydrolysis) is 1. The Labute approximate surface area is 198 Å². The second-order valence-electron chi connectivity index (χ2n) is 8.87. The molecule has 2 amide bonds. The van der Waals surface area contributed by atoms with E-state index in [0.29, 0.717) is 19.6 Å². The molecule has 2 atom stereocenters. The SMILES string of the molecule is CC(CCC(=O)N1CCOCC1C(=O)O)CNC(=O)OCC1c2ccccc2-c2ccccc21. The Hall–Kier alpha value is -3.39. The number of benzene rings is 2. The molecule has 1 aliphatic heterocycles. The van der Waals surface area contributed by atoms with E-state index in [0.717, 1.165) is 11.1 Å². The molecule has 4 rings (SSSR count). The molecule has 1 fully saturated rings. The van der Waals surface area contributed by atoms with Crippen LogP contribution in [0.3, 0.4) is 0 Å². The molecular weight excluding hydrogens is 436 g/mol. The van der Waals surface area contributed by atoms with Crippen LogP contribution in [0.15, 0.2) is 48.5 Å². The van der Waals surface area contributed by atoms with Gasteiger partial charge in [-0.2, -0.15) is 0 Å². The van der Waals surface area contributed by atoms with Gasteiger partial charge in [0.05, 0.1) is 13.2 Å². The van der Waals surface area contributed by atoms with Gasteiger partial charge in [0.25, 0.3) is 0 Å². The zero-order chi connectivity index (χ0) is 24.1. The number of fused-ring (bicyclic) bond motifs is 3. The molecular formula is C26H30N2O6. The van der Waals surface area contributed by atoms with Crippen molar-refractivity contribution in [2.45, 2.75) is 31.7 Å². The van der Waals surface area contributed by atoms with E-state index in [4.69, 9.17) is 9.47 Å². The number of morpholine rings is 1. The van der Waals surface area contributed by atoms with Crippen molar-refractivity contribution in [1.82, 2.24) is 10.2 Å². The first-order valence-corrected chi connectivity index (χ1v) is 11.6. The van der Waals surface area contributed by atoms with Crippen LogP contribution in [0.5, 0.6) is 0 Å². The molecule has 0 radical (unpaired) electrons. The van der Waals surface area contributed by atoms with Crippen molar-refractivity contribution in [3.05, 3.63) is 59.7 Å². The van der Waals surface area contributed by atoms with Crippen molar-refractivity contribution in [1.29, 1.82) is 0 Å². The summed E-state index contributed by atoms with van der Waals surface area (Å²) >= 11 is 0. The molecule has 0 saturated carbocycles. The number of carboxylic acids is 1. The smallest absolute Gasteiger partial charge is 0.407 e. The molecule has 0 spiro atoms. The van der Waals surface area contributed by atoms with Gasteiger partial charge in [0, 0.05) is 25.4 Å². The number of carbonyl (C=O) groups excluding carboxylic acids is 2. The maximum atomic E-state index is 12.5. The van der Waals surface area contributed by atoms with Crippen LogP contribution in [0.4, 0.5) is 4.79 Å². The monoisotopic (exact) mass is 466 g/mol. The molecule has 2 N–H and O–H groups in total. The Kier molecular flexibility index (Phi) is 7.47. The van der Waals surface area contributed by atoms with E-state index in [1.807, 2.05) is 31.2 Å². The van der Waals surface area contributed by atoms with Crippen molar-refractivity contribution in [2.75, 3.05) is 32.9 Å². The van der Waals surface area contributed by atoms with Gasteiger partial charge in [-0.3, -0.25) is 4.79 Å². The van der Waals surface area contributed by atoms with E-state index in [2.05, 4.69) is 29.6 Å². The van der Waals surface area contributed by atoms with Gasteiger partial charge in [-0.1, -0.05) is 55.5 Å². The van der Waals surface area contributed by atoms with E-state index < -0.39 is 18.1 Å². The van der Waals surface area contributed by atoms with Crippen LogP contribution in [-0.2, 0) is 19.1 Å². The first-order chi connectivity index (χ1) is 16.5. The lowest BCUT2D eigenvalue weighted by Gasteiger charge is -2.33. The van der Waals surface area contributed by atoms with Crippen LogP contribution >= 0.6 is 0 Å². The van der Waals surface area contributed by atoms with Gasteiger partial charge < -0.3 is 24.8 Å². The topological polar surface area (TPSA) is 105 Å². The second kappa shape index (κ2) is 10.7. The summed E-state index contributed by atoms with van der Waals surface area (Å²) in [5.41, 5.74) is 4.67. The minimum atomic E-state index is -1.06. The number of nitrogens with zero attached hydrogens (tertiary/aromatic N) is 1. The lowest BCUT2D eigenvalue weighted by Crippen LogP contribution is -2.52. The highest BCUT2D eigenvalue weighted by Gasteiger charge is 2.32. The molecule has 0 bridgehead atoms. The summed E-state index contributed by atoms with van der Waals surface area (Å²) in [5.74, 6) is -1.22. The standard InChI is InChI=1S/C26H30N2O6/c1-17(10-11-24(29)28-12-13-33-16-23(28)25(30)31)14-27-26(32)34-15-22-20-8-4-2-6-18(20)19-7-3-5-9-21(19)22/h2-9,17,22-23H,10-16H2,1H3,(H,27,32)(H,30,31). The zero-order valence-electron chi connectivity index (χ0n) is 19.2. The molecule has 8 heteroatoms. The van der Waals surface area contributed by atoms with Crippen molar-refractivity contribution >= 4 is 18.0 Å². The Morgan fingerprint density at radius 1 is 1.12 bits per heavy atom. The zero-order valence-corrected chi connectivity index (χ0v) is 19.2. The third-order valence-corrected chi connectivity index (χ3v) is 6.52. The maximum Gasteiger partial charge on any atom is 0.407 e. The van der Waals surface area contributed by atoms with Crippen molar-refractivity contribution in [3.63, 3.8) is 0 Å². The van der Waals surface area contributed by atoms with E-state index in [1.54, 1.807) is 0 Å². The van der Waals surface area contributed by atoms with Gasteiger partial charge in [-0.05, 0) is 34.6 Å².